The second-order valence-electron chi connectivity index (χ2n) is 5.96. The quantitative estimate of drug-likeness (QED) is 0.865. The molecule has 2 rings (SSSR count). The average molecular weight is 291 g/mol. The van der Waals surface area contributed by atoms with Gasteiger partial charge in [0.05, 0.1) is 18.8 Å². The van der Waals surface area contributed by atoms with E-state index >= 15 is 0 Å². The second kappa shape index (κ2) is 6.48. The van der Waals surface area contributed by atoms with Crippen molar-refractivity contribution in [3.8, 4) is 0 Å². The largest absolute Gasteiger partial charge is 0.464 e. The highest BCUT2D eigenvalue weighted by Gasteiger charge is 2.46. The summed E-state index contributed by atoms with van der Waals surface area (Å²) in [5.41, 5.74) is 1.40. The zero-order chi connectivity index (χ0) is 15.5. The Kier molecular flexibility index (Phi) is 4.88. The van der Waals surface area contributed by atoms with E-state index in [9.17, 15) is 4.79 Å². The lowest BCUT2D eigenvalue weighted by Gasteiger charge is -2.42. The summed E-state index contributed by atoms with van der Waals surface area (Å²) in [4.78, 5) is 12.6. The molecule has 1 aromatic carbocycles. The number of hydrogen-bond acceptors (Lipinski definition) is 4. The number of benzene rings is 1. The van der Waals surface area contributed by atoms with Crippen LogP contribution in [0.5, 0.6) is 0 Å². The van der Waals surface area contributed by atoms with Crippen LogP contribution in [0.2, 0.25) is 0 Å². The lowest BCUT2D eigenvalue weighted by molar-refractivity contribution is -0.157. The van der Waals surface area contributed by atoms with Crippen LogP contribution in [0.1, 0.15) is 39.2 Å². The number of anilines is 1. The van der Waals surface area contributed by atoms with Crippen LogP contribution in [0.25, 0.3) is 0 Å². The molecule has 21 heavy (non-hydrogen) atoms. The Labute approximate surface area is 126 Å². The molecule has 0 radical (unpaired) electrons. The van der Waals surface area contributed by atoms with E-state index in [1.165, 1.54) is 0 Å². The molecule has 4 heteroatoms. The van der Waals surface area contributed by atoms with E-state index in [1.807, 2.05) is 52.0 Å². The van der Waals surface area contributed by atoms with E-state index in [1.54, 1.807) is 0 Å². The zero-order valence-corrected chi connectivity index (χ0v) is 13.3. The summed E-state index contributed by atoms with van der Waals surface area (Å²) >= 11 is 0. The van der Waals surface area contributed by atoms with Gasteiger partial charge in [-0.1, -0.05) is 12.1 Å². The van der Waals surface area contributed by atoms with Gasteiger partial charge in [0.25, 0.3) is 0 Å². The summed E-state index contributed by atoms with van der Waals surface area (Å²) in [5.74, 6) is -0.187. The lowest BCUT2D eigenvalue weighted by Crippen LogP contribution is -2.55. The van der Waals surface area contributed by atoms with Crippen LogP contribution in [0.15, 0.2) is 24.3 Å². The van der Waals surface area contributed by atoms with E-state index < -0.39 is 5.54 Å². The van der Waals surface area contributed by atoms with Gasteiger partial charge in [0.15, 0.2) is 0 Å². The average Bonchev–Trinajstić information content (AvgIpc) is 2.37. The molecule has 0 bridgehead atoms. The molecule has 4 nitrogen and oxygen atoms in total. The number of rotatable bonds is 4. The second-order valence-corrected chi connectivity index (χ2v) is 5.96. The standard InChI is InChI=1S/C17H25NO3/c1-5-20-16(19)17(10-13(3)21-14(4)11-17)18-15-8-6-7-12(2)9-15/h6-9,13-14,18H,5,10-11H2,1-4H3. The molecule has 2 unspecified atom stereocenters. The number of esters is 1. The van der Waals surface area contributed by atoms with Gasteiger partial charge >= 0.3 is 5.97 Å². The lowest BCUT2D eigenvalue weighted by atomic mass is 9.83. The van der Waals surface area contributed by atoms with Crippen LogP contribution in [-0.4, -0.2) is 30.3 Å². The van der Waals surface area contributed by atoms with Gasteiger partial charge in [-0.3, -0.25) is 0 Å². The summed E-state index contributed by atoms with van der Waals surface area (Å²) < 4.78 is 11.1. The molecule has 1 fully saturated rings. The van der Waals surface area contributed by atoms with Gasteiger partial charge < -0.3 is 14.8 Å². The van der Waals surface area contributed by atoms with Crippen LogP contribution < -0.4 is 5.32 Å². The molecule has 2 atom stereocenters. The van der Waals surface area contributed by atoms with Gasteiger partial charge in [-0.25, -0.2) is 4.79 Å². The fraction of sp³-hybridized carbons (Fsp3) is 0.588. The highest BCUT2D eigenvalue weighted by molar-refractivity contribution is 5.85. The van der Waals surface area contributed by atoms with Crippen molar-refractivity contribution in [2.45, 2.75) is 58.3 Å². The molecule has 1 aromatic rings. The van der Waals surface area contributed by atoms with Crippen molar-refractivity contribution in [1.29, 1.82) is 0 Å². The van der Waals surface area contributed by atoms with Gasteiger partial charge in [-0.15, -0.1) is 0 Å². The van der Waals surface area contributed by atoms with E-state index in [2.05, 4.69) is 5.32 Å². The number of hydrogen-bond donors (Lipinski definition) is 1. The monoisotopic (exact) mass is 291 g/mol. The number of nitrogens with one attached hydrogen (secondary N) is 1. The number of carbonyl (C=O) groups is 1. The first-order valence-corrected chi connectivity index (χ1v) is 7.63. The summed E-state index contributed by atoms with van der Waals surface area (Å²) in [6.07, 6.45) is 1.28. The molecule has 116 valence electrons. The summed E-state index contributed by atoms with van der Waals surface area (Å²) in [6, 6.07) is 8.06. The topological polar surface area (TPSA) is 47.6 Å². The number of aryl methyl sites for hydroxylation is 1. The molecule has 1 aliphatic heterocycles. The molecular weight excluding hydrogens is 266 g/mol. The van der Waals surface area contributed by atoms with Crippen molar-refractivity contribution in [2.75, 3.05) is 11.9 Å². The van der Waals surface area contributed by atoms with Crippen LogP contribution >= 0.6 is 0 Å². The Morgan fingerprint density at radius 3 is 2.62 bits per heavy atom. The Balaban J connectivity index is 2.29. The predicted molar refractivity (Wildman–Crippen MR) is 83.4 cm³/mol. The number of carbonyl (C=O) groups excluding carboxylic acids is 1. The van der Waals surface area contributed by atoms with Gasteiger partial charge in [0.2, 0.25) is 0 Å². The highest BCUT2D eigenvalue weighted by Crippen LogP contribution is 2.33. The summed E-state index contributed by atoms with van der Waals surface area (Å²) in [7, 11) is 0. The summed E-state index contributed by atoms with van der Waals surface area (Å²) in [6.45, 7) is 8.27. The first-order valence-electron chi connectivity index (χ1n) is 7.63. The minimum atomic E-state index is -0.707. The third kappa shape index (κ3) is 3.76. The molecule has 0 aromatic heterocycles. The van der Waals surface area contributed by atoms with Crippen LogP contribution in [0.4, 0.5) is 5.69 Å². The minimum absolute atomic E-state index is 0.0236. The Bertz CT molecular complexity index is 491. The van der Waals surface area contributed by atoms with Crippen molar-refractivity contribution >= 4 is 11.7 Å². The van der Waals surface area contributed by atoms with E-state index in [4.69, 9.17) is 9.47 Å². The molecule has 0 saturated carbocycles. The van der Waals surface area contributed by atoms with Crippen LogP contribution in [-0.2, 0) is 14.3 Å². The highest BCUT2D eigenvalue weighted by atomic mass is 16.5. The van der Waals surface area contributed by atoms with Gasteiger partial charge in [-0.2, -0.15) is 0 Å². The third-order valence-electron chi connectivity index (χ3n) is 3.80. The Hall–Kier alpha value is -1.55. The maximum absolute atomic E-state index is 12.6. The van der Waals surface area contributed by atoms with Gasteiger partial charge in [-0.05, 0) is 45.4 Å². The molecule has 0 spiro atoms. The molecule has 1 saturated heterocycles. The maximum Gasteiger partial charge on any atom is 0.331 e. The number of ether oxygens (including phenoxy) is 2. The first kappa shape index (κ1) is 15.8. The van der Waals surface area contributed by atoms with Crippen molar-refractivity contribution in [2.24, 2.45) is 0 Å². The van der Waals surface area contributed by atoms with E-state index in [0.29, 0.717) is 19.4 Å². The minimum Gasteiger partial charge on any atom is -0.464 e. The molecule has 1 heterocycles. The van der Waals surface area contributed by atoms with Crippen LogP contribution in [0, 0.1) is 6.92 Å². The fourth-order valence-electron chi connectivity index (χ4n) is 3.15. The Morgan fingerprint density at radius 1 is 1.38 bits per heavy atom. The zero-order valence-electron chi connectivity index (χ0n) is 13.3. The molecule has 1 N–H and O–H groups in total. The summed E-state index contributed by atoms with van der Waals surface area (Å²) in [5, 5.41) is 3.43. The molecule has 0 aliphatic carbocycles. The van der Waals surface area contributed by atoms with Gasteiger partial charge in [0, 0.05) is 18.5 Å². The fourth-order valence-corrected chi connectivity index (χ4v) is 3.15. The van der Waals surface area contributed by atoms with Crippen molar-refractivity contribution in [3.63, 3.8) is 0 Å². The normalized spacial score (nSPS) is 29.0. The van der Waals surface area contributed by atoms with Crippen molar-refractivity contribution < 1.29 is 14.3 Å². The molecule has 1 aliphatic rings. The first-order chi connectivity index (χ1) is 9.95. The smallest absolute Gasteiger partial charge is 0.331 e. The van der Waals surface area contributed by atoms with Gasteiger partial charge in [0.1, 0.15) is 5.54 Å². The maximum atomic E-state index is 12.6. The van der Waals surface area contributed by atoms with E-state index in [-0.39, 0.29) is 18.2 Å². The molecule has 0 amide bonds. The van der Waals surface area contributed by atoms with Crippen molar-refractivity contribution in [3.05, 3.63) is 29.8 Å². The predicted octanol–water partition coefficient (Wildman–Crippen LogP) is 3.30. The SMILES string of the molecule is CCOC(=O)C1(Nc2cccc(C)c2)CC(C)OC(C)C1. The van der Waals surface area contributed by atoms with E-state index in [0.717, 1.165) is 11.3 Å². The van der Waals surface area contributed by atoms with Crippen molar-refractivity contribution in [1.82, 2.24) is 0 Å². The molecular formula is C17H25NO3. The Morgan fingerprint density at radius 2 is 2.05 bits per heavy atom. The third-order valence-corrected chi connectivity index (χ3v) is 3.80. The van der Waals surface area contributed by atoms with Crippen LogP contribution in [0.3, 0.4) is 0 Å².